The molecule has 0 aliphatic carbocycles. The minimum atomic E-state index is 0.0964. The highest BCUT2D eigenvalue weighted by Gasteiger charge is 2.44. The molecule has 2 saturated heterocycles. The smallest absolute Gasteiger partial charge is 0.115 e. The first-order valence-electron chi connectivity index (χ1n) is 8.00. The summed E-state index contributed by atoms with van der Waals surface area (Å²) < 4.78 is 8.67. The second kappa shape index (κ2) is 4.31. The summed E-state index contributed by atoms with van der Waals surface area (Å²) in [7, 11) is 0. The van der Waals surface area contributed by atoms with E-state index < -0.39 is 0 Å². The number of hydrogen-bond donors (Lipinski definition) is 1. The van der Waals surface area contributed by atoms with Crippen LogP contribution in [0.25, 0.3) is 0 Å². The topological polar surface area (TPSA) is 39.1 Å². The number of imidazole rings is 1. The molecular weight excluding hydrogens is 250 g/mol. The van der Waals surface area contributed by atoms with Gasteiger partial charge in [-0.15, -0.1) is 0 Å². The Kier molecular flexibility index (Phi) is 2.77. The zero-order valence-electron chi connectivity index (χ0n) is 12.8. The predicted octanol–water partition coefficient (Wildman–Crippen LogP) is 2.32. The van der Waals surface area contributed by atoms with Crippen molar-refractivity contribution in [1.29, 1.82) is 0 Å². The van der Waals surface area contributed by atoms with Gasteiger partial charge in [0, 0.05) is 30.6 Å². The summed E-state index contributed by atoms with van der Waals surface area (Å²) in [4.78, 5) is 5.00. The van der Waals surface area contributed by atoms with Crippen LogP contribution in [0, 0.1) is 0 Å². The van der Waals surface area contributed by atoms with E-state index in [1.165, 1.54) is 36.5 Å². The van der Waals surface area contributed by atoms with E-state index in [9.17, 15) is 0 Å². The van der Waals surface area contributed by atoms with Crippen LogP contribution in [-0.4, -0.2) is 28.3 Å². The van der Waals surface area contributed by atoms with Crippen molar-refractivity contribution in [2.24, 2.45) is 0 Å². The molecule has 110 valence electrons. The Hall–Kier alpha value is -0.870. The Balaban J connectivity index is 1.82. The average Bonchev–Trinajstić information content (AvgIpc) is 3.10. The molecule has 3 atom stereocenters. The lowest BCUT2D eigenvalue weighted by Gasteiger charge is -2.29. The molecular formula is C16H25N3O. The molecule has 3 aliphatic heterocycles. The molecule has 1 aromatic heterocycles. The maximum absolute atomic E-state index is 6.10. The molecule has 0 amide bonds. The molecule has 2 bridgehead atoms. The van der Waals surface area contributed by atoms with Gasteiger partial charge < -0.3 is 14.6 Å². The molecule has 0 radical (unpaired) electrons. The highest BCUT2D eigenvalue weighted by Crippen LogP contribution is 2.44. The molecule has 0 aromatic carbocycles. The van der Waals surface area contributed by atoms with Crippen molar-refractivity contribution < 1.29 is 4.74 Å². The zero-order chi connectivity index (χ0) is 13.9. The van der Waals surface area contributed by atoms with Crippen LogP contribution >= 0.6 is 0 Å². The number of rotatable bonds is 1. The fraction of sp³-hybridized carbons (Fsp3) is 0.812. The van der Waals surface area contributed by atoms with Crippen LogP contribution in [0.2, 0.25) is 0 Å². The van der Waals surface area contributed by atoms with Crippen molar-refractivity contribution in [2.45, 2.75) is 76.7 Å². The van der Waals surface area contributed by atoms with Crippen molar-refractivity contribution in [1.82, 2.24) is 14.9 Å². The fourth-order valence-electron chi connectivity index (χ4n) is 4.10. The van der Waals surface area contributed by atoms with Gasteiger partial charge in [0.25, 0.3) is 0 Å². The highest BCUT2D eigenvalue weighted by molar-refractivity contribution is 5.25. The van der Waals surface area contributed by atoms with Gasteiger partial charge in [0.1, 0.15) is 5.82 Å². The highest BCUT2D eigenvalue weighted by atomic mass is 16.5. The van der Waals surface area contributed by atoms with Crippen LogP contribution < -0.4 is 5.32 Å². The van der Waals surface area contributed by atoms with Crippen LogP contribution in [0.3, 0.4) is 0 Å². The quantitative estimate of drug-likeness (QED) is 0.855. The van der Waals surface area contributed by atoms with E-state index in [-0.39, 0.29) is 5.41 Å². The summed E-state index contributed by atoms with van der Waals surface area (Å²) in [6.07, 6.45) is 5.69. The van der Waals surface area contributed by atoms with Gasteiger partial charge in [-0.1, -0.05) is 20.8 Å². The Morgan fingerprint density at radius 1 is 1.30 bits per heavy atom. The van der Waals surface area contributed by atoms with E-state index in [0.29, 0.717) is 18.2 Å². The van der Waals surface area contributed by atoms with E-state index in [4.69, 9.17) is 9.72 Å². The first-order chi connectivity index (χ1) is 9.54. The number of nitrogens with one attached hydrogen (secondary N) is 1. The Morgan fingerprint density at radius 2 is 2.15 bits per heavy atom. The van der Waals surface area contributed by atoms with Crippen LogP contribution in [0.4, 0.5) is 0 Å². The molecule has 2 fully saturated rings. The average molecular weight is 275 g/mol. The van der Waals surface area contributed by atoms with Crippen LogP contribution in [0.1, 0.15) is 63.3 Å². The summed E-state index contributed by atoms with van der Waals surface area (Å²) in [6, 6.07) is 0.525. The summed E-state index contributed by atoms with van der Waals surface area (Å²) in [5.74, 6) is 1.26. The molecule has 4 rings (SSSR count). The van der Waals surface area contributed by atoms with Crippen LogP contribution in [-0.2, 0) is 23.1 Å². The number of ether oxygens (including phenoxy) is 1. The standard InChI is InChI=1S/C16H25N3O/c1-16(2,3)15-18-11-9-17-7-6-12(11)19(15)13-8-10-4-5-14(13)20-10/h10,13-14,17H,4-9H2,1-3H3. The van der Waals surface area contributed by atoms with Gasteiger partial charge in [0.05, 0.1) is 23.9 Å². The molecule has 3 aliphatic rings. The third-order valence-corrected chi connectivity index (χ3v) is 5.00. The summed E-state index contributed by atoms with van der Waals surface area (Å²) in [5.41, 5.74) is 2.83. The summed E-state index contributed by atoms with van der Waals surface area (Å²) in [6.45, 7) is 8.83. The van der Waals surface area contributed by atoms with E-state index in [1.807, 2.05) is 0 Å². The van der Waals surface area contributed by atoms with Gasteiger partial charge in [-0.3, -0.25) is 0 Å². The lowest BCUT2D eigenvalue weighted by atomic mass is 9.91. The predicted molar refractivity (Wildman–Crippen MR) is 77.9 cm³/mol. The summed E-state index contributed by atoms with van der Waals surface area (Å²) in [5, 5.41) is 3.45. The van der Waals surface area contributed by atoms with Crippen LogP contribution in [0.15, 0.2) is 0 Å². The minimum absolute atomic E-state index is 0.0964. The maximum atomic E-state index is 6.10. The molecule has 4 nitrogen and oxygen atoms in total. The zero-order valence-corrected chi connectivity index (χ0v) is 12.8. The third-order valence-electron chi connectivity index (χ3n) is 5.00. The fourth-order valence-corrected chi connectivity index (χ4v) is 4.10. The second-order valence-electron chi connectivity index (χ2n) is 7.55. The molecule has 0 spiro atoms. The minimum Gasteiger partial charge on any atom is -0.373 e. The number of nitrogens with zero attached hydrogens (tertiary/aromatic N) is 2. The number of aromatic nitrogens is 2. The van der Waals surface area contributed by atoms with Crippen molar-refractivity contribution in [3.8, 4) is 0 Å². The van der Waals surface area contributed by atoms with E-state index >= 15 is 0 Å². The molecule has 1 N–H and O–H groups in total. The van der Waals surface area contributed by atoms with E-state index in [1.54, 1.807) is 0 Å². The molecule has 4 heteroatoms. The first-order valence-corrected chi connectivity index (χ1v) is 8.00. The Morgan fingerprint density at radius 3 is 2.80 bits per heavy atom. The second-order valence-corrected chi connectivity index (χ2v) is 7.55. The monoisotopic (exact) mass is 275 g/mol. The Bertz CT molecular complexity index is 529. The maximum Gasteiger partial charge on any atom is 0.115 e. The van der Waals surface area contributed by atoms with Crippen molar-refractivity contribution in [2.75, 3.05) is 6.54 Å². The van der Waals surface area contributed by atoms with Crippen molar-refractivity contribution in [3.63, 3.8) is 0 Å². The number of fused-ring (bicyclic) bond motifs is 3. The Labute approximate surface area is 120 Å². The normalized spacial score (nSPS) is 32.6. The van der Waals surface area contributed by atoms with Crippen molar-refractivity contribution >= 4 is 0 Å². The summed E-state index contributed by atoms with van der Waals surface area (Å²) >= 11 is 0. The number of hydrogen-bond acceptors (Lipinski definition) is 3. The molecule has 4 heterocycles. The lowest BCUT2D eigenvalue weighted by molar-refractivity contribution is 0.0926. The molecule has 3 unspecified atom stereocenters. The van der Waals surface area contributed by atoms with Gasteiger partial charge in [0.15, 0.2) is 0 Å². The van der Waals surface area contributed by atoms with Gasteiger partial charge in [0.2, 0.25) is 0 Å². The van der Waals surface area contributed by atoms with Crippen molar-refractivity contribution in [3.05, 3.63) is 17.2 Å². The SMILES string of the molecule is CC(C)(C)c1nc2c(n1C1CC3CCC1O3)CCNC2. The molecule has 20 heavy (non-hydrogen) atoms. The van der Waals surface area contributed by atoms with E-state index in [2.05, 4.69) is 30.7 Å². The largest absolute Gasteiger partial charge is 0.373 e. The molecule has 0 saturated carbocycles. The first kappa shape index (κ1) is 12.8. The van der Waals surface area contributed by atoms with Gasteiger partial charge >= 0.3 is 0 Å². The van der Waals surface area contributed by atoms with Gasteiger partial charge in [-0.25, -0.2) is 4.98 Å². The third kappa shape index (κ3) is 1.85. The lowest BCUT2D eigenvalue weighted by Crippen LogP contribution is -2.31. The van der Waals surface area contributed by atoms with Crippen LogP contribution in [0.5, 0.6) is 0 Å². The molecule has 1 aromatic rings. The van der Waals surface area contributed by atoms with E-state index in [0.717, 1.165) is 19.5 Å². The van der Waals surface area contributed by atoms with Gasteiger partial charge in [-0.2, -0.15) is 0 Å². The van der Waals surface area contributed by atoms with Gasteiger partial charge in [-0.05, 0) is 19.3 Å².